The van der Waals surface area contributed by atoms with Crippen molar-refractivity contribution < 1.29 is 0 Å². The molecule has 0 N–H and O–H groups in total. The molecular weight excluding hydrogens is 802 g/mol. The molecule has 65 heavy (non-hydrogen) atoms. The van der Waals surface area contributed by atoms with E-state index < -0.39 is 8.07 Å². The van der Waals surface area contributed by atoms with E-state index in [9.17, 15) is 0 Å². The Kier molecular flexibility index (Phi) is 8.98. The van der Waals surface area contributed by atoms with Crippen LogP contribution in [0.3, 0.4) is 0 Å². The van der Waals surface area contributed by atoms with Crippen molar-refractivity contribution in [1.29, 1.82) is 0 Å². The highest BCUT2D eigenvalue weighted by Gasteiger charge is 2.56. The summed E-state index contributed by atoms with van der Waals surface area (Å²) in [6.45, 7) is 11.5. The molecule has 0 spiro atoms. The minimum Gasteiger partial charge on any atom is -0.311 e. The first-order chi connectivity index (χ1) is 31.7. The molecule has 3 aliphatic heterocycles. The van der Waals surface area contributed by atoms with Crippen LogP contribution in [0.2, 0.25) is 0 Å². The molecule has 12 rings (SSSR count). The van der Waals surface area contributed by atoms with Crippen molar-refractivity contribution in [2.24, 2.45) is 0 Å². The van der Waals surface area contributed by atoms with Crippen LogP contribution in [0.15, 0.2) is 212 Å². The average Bonchev–Trinajstić information content (AvgIpc) is 3.33. The SMILES string of the molecule is Cc1cc2c3c(c1)[Si](c1ccccc1)(c1ccccc1)c1cc(C)cc4c1B3c1c(cc(N(c3ccccc3)c3ccc(C(C)(C)C)cc3)cc1N4c1ccccc1)N2c1ccccc1. The van der Waals surface area contributed by atoms with Gasteiger partial charge in [-0.15, -0.1) is 0 Å². The Morgan fingerprint density at radius 1 is 0.400 bits per heavy atom. The zero-order chi connectivity index (χ0) is 44.0. The number of para-hydroxylation sites is 3. The Morgan fingerprint density at radius 3 is 1.22 bits per heavy atom. The van der Waals surface area contributed by atoms with E-state index in [1.165, 1.54) is 76.6 Å². The maximum atomic E-state index is 2.60. The van der Waals surface area contributed by atoms with Gasteiger partial charge in [0.2, 0.25) is 0 Å². The summed E-state index contributed by atoms with van der Waals surface area (Å²) in [6, 6.07) is 80.3. The maximum Gasteiger partial charge on any atom is 0.251 e. The first-order valence-electron chi connectivity index (χ1n) is 23.0. The molecule has 0 saturated heterocycles. The second-order valence-electron chi connectivity index (χ2n) is 19.1. The van der Waals surface area contributed by atoms with E-state index >= 15 is 0 Å². The van der Waals surface area contributed by atoms with Gasteiger partial charge in [-0.3, -0.25) is 0 Å². The van der Waals surface area contributed by atoms with Crippen LogP contribution in [0.4, 0.5) is 51.2 Å². The number of hydrogen-bond acceptors (Lipinski definition) is 3. The fourth-order valence-electron chi connectivity index (χ4n) is 11.4. The zero-order valence-corrected chi connectivity index (χ0v) is 38.6. The van der Waals surface area contributed by atoms with Crippen LogP contribution in [-0.2, 0) is 5.41 Å². The largest absolute Gasteiger partial charge is 0.311 e. The predicted octanol–water partition coefficient (Wildman–Crippen LogP) is 10.8. The van der Waals surface area contributed by atoms with Gasteiger partial charge in [0.25, 0.3) is 6.71 Å². The van der Waals surface area contributed by atoms with Gasteiger partial charge in [0.1, 0.15) is 0 Å². The standard InChI is InChI=1S/C60H50BN3Si/c1-41-35-51-58-55(37-41)65(49-27-17-9-18-28-49,50-29-19-10-20-30-50)56-38-42(2)36-52-59(56)61(58)57-53(63(51)45-23-13-7-14-24-45)39-48(40-54(57)64(52)46-25-15-8-16-26-46)62(44-21-11-6-12-22-44)47-33-31-43(32-34-47)60(3,4)5/h6-40H,1-5H3. The third-order valence-electron chi connectivity index (χ3n) is 14.1. The van der Waals surface area contributed by atoms with E-state index in [1.807, 2.05) is 0 Å². The van der Waals surface area contributed by atoms with Gasteiger partial charge in [0.05, 0.1) is 5.69 Å². The summed E-state index contributed by atoms with van der Waals surface area (Å²) in [6.07, 6.45) is 0. The van der Waals surface area contributed by atoms with Gasteiger partial charge in [-0.1, -0.05) is 160 Å². The van der Waals surface area contributed by atoms with Crippen molar-refractivity contribution in [1.82, 2.24) is 0 Å². The van der Waals surface area contributed by atoms with E-state index in [4.69, 9.17) is 0 Å². The monoisotopic (exact) mass is 851 g/mol. The smallest absolute Gasteiger partial charge is 0.251 e. The number of anilines is 9. The van der Waals surface area contributed by atoms with Crippen molar-refractivity contribution >= 4 is 103 Å². The number of hydrogen-bond donors (Lipinski definition) is 0. The Hall–Kier alpha value is -7.34. The highest BCUT2D eigenvalue weighted by Crippen LogP contribution is 2.49. The lowest BCUT2D eigenvalue weighted by molar-refractivity contribution is 0.590. The highest BCUT2D eigenvalue weighted by atomic mass is 28.3. The normalized spacial score (nSPS) is 14.0. The van der Waals surface area contributed by atoms with Gasteiger partial charge < -0.3 is 14.7 Å². The van der Waals surface area contributed by atoms with Crippen LogP contribution in [0.5, 0.6) is 0 Å². The van der Waals surface area contributed by atoms with Gasteiger partial charge in [-0.25, -0.2) is 0 Å². The number of rotatable bonds is 7. The quantitative estimate of drug-likeness (QED) is 0.148. The maximum absolute atomic E-state index is 2.98. The lowest BCUT2D eigenvalue weighted by Crippen LogP contribution is -2.88. The molecule has 0 radical (unpaired) electrons. The summed E-state index contributed by atoms with van der Waals surface area (Å²) in [5, 5.41) is 5.79. The van der Waals surface area contributed by atoms with Crippen molar-refractivity contribution in [2.45, 2.75) is 40.0 Å². The lowest BCUT2D eigenvalue weighted by Gasteiger charge is -2.52. The highest BCUT2D eigenvalue weighted by molar-refractivity contribution is 7.27. The molecule has 0 bridgehead atoms. The van der Waals surface area contributed by atoms with Crippen molar-refractivity contribution in [3.63, 3.8) is 0 Å². The molecule has 9 aromatic rings. The molecule has 0 saturated carbocycles. The third kappa shape index (κ3) is 5.95. The molecule has 9 aromatic carbocycles. The molecular formula is C60H50BN3Si. The van der Waals surface area contributed by atoms with Gasteiger partial charge in [-0.05, 0) is 146 Å². The zero-order valence-electron chi connectivity index (χ0n) is 37.6. The van der Waals surface area contributed by atoms with Gasteiger partial charge in [0.15, 0.2) is 8.07 Å². The predicted molar refractivity (Wildman–Crippen MR) is 280 cm³/mol. The second kappa shape index (κ2) is 14.9. The molecule has 3 heterocycles. The fourth-order valence-corrected chi connectivity index (χ4v) is 16.9. The van der Waals surface area contributed by atoms with Crippen LogP contribution < -0.4 is 51.8 Å². The van der Waals surface area contributed by atoms with Crippen LogP contribution >= 0.6 is 0 Å². The topological polar surface area (TPSA) is 9.72 Å². The van der Waals surface area contributed by atoms with Crippen molar-refractivity contribution in [3.8, 4) is 0 Å². The molecule has 3 aliphatic rings. The molecule has 0 atom stereocenters. The molecule has 3 nitrogen and oxygen atoms in total. The van der Waals surface area contributed by atoms with Gasteiger partial charge >= 0.3 is 0 Å². The van der Waals surface area contributed by atoms with E-state index in [2.05, 4.69) is 262 Å². The summed E-state index contributed by atoms with van der Waals surface area (Å²) in [5.41, 5.74) is 18.7. The summed E-state index contributed by atoms with van der Waals surface area (Å²) in [4.78, 5) is 7.64. The van der Waals surface area contributed by atoms with E-state index in [1.54, 1.807) is 0 Å². The van der Waals surface area contributed by atoms with Crippen LogP contribution in [0.1, 0.15) is 37.5 Å². The van der Waals surface area contributed by atoms with Gasteiger partial charge in [-0.2, -0.15) is 0 Å². The van der Waals surface area contributed by atoms with Crippen molar-refractivity contribution in [2.75, 3.05) is 14.7 Å². The molecule has 0 unspecified atom stereocenters. The number of nitrogens with zero attached hydrogens (tertiary/aromatic N) is 3. The van der Waals surface area contributed by atoms with Crippen molar-refractivity contribution in [3.05, 3.63) is 229 Å². The fraction of sp³-hybridized carbons (Fsp3) is 0.100. The molecule has 312 valence electrons. The van der Waals surface area contributed by atoms with Crippen LogP contribution in [0, 0.1) is 13.8 Å². The molecule has 0 aromatic heterocycles. The van der Waals surface area contributed by atoms with E-state index in [0.717, 1.165) is 28.4 Å². The average molecular weight is 852 g/mol. The summed E-state index contributed by atoms with van der Waals surface area (Å²) in [7, 11) is -2.98. The number of aryl methyl sites for hydroxylation is 2. The lowest BCUT2D eigenvalue weighted by atomic mass is 9.33. The second-order valence-corrected chi connectivity index (χ2v) is 22.8. The summed E-state index contributed by atoms with van der Waals surface area (Å²) < 4.78 is 0. The van der Waals surface area contributed by atoms with E-state index in [0.29, 0.717) is 0 Å². The van der Waals surface area contributed by atoms with Crippen LogP contribution in [0.25, 0.3) is 0 Å². The molecule has 5 heteroatoms. The number of benzene rings is 9. The minimum atomic E-state index is -2.98. The Bertz CT molecular complexity index is 3090. The summed E-state index contributed by atoms with van der Waals surface area (Å²) in [5.74, 6) is 0. The van der Waals surface area contributed by atoms with Gasteiger partial charge in [0, 0.05) is 45.5 Å². The Labute approximate surface area is 385 Å². The molecule has 0 amide bonds. The molecule has 0 aliphatic carbocycles. The minimum absolute atomic E-state index is 0.00877. The van der Waals surface area contributed by atoms with Crippen LogP contribution in [-0.4, -0.2) is 14.8 Å². The van der Waals surface area contributed by atoms with E-state index in [-0.39, 0.29) is 12.1 Å². The third-order valence-corrected chi connectivity index (χ3v) is 18.9. The first-order valence-corrected chi connectivity index (χ1v) is 25.0. The Balaban J connectivity index is 1.25. The first kappa shape index (κ1) is 39.3. The summed E-state index contributed by atoms with van der Waals surface area (Å²) >= 11 is 0. The Morgan fingerprint density at radius 2 is 0.785 bits per heavy atom. The molecule has 0 fully saturated rings.